The first-order valence-corrected chi connectivity index (χ1v) is 8.60. The number of hydrogen-bond donors (Lipinski definition) is 2. The number of carbonyl (C=O) groups excluding carboxylic acids is 1. The zero-order chi connectivity index (χ0) is 17.8. The highest BCUT2D eigenvalue weighted by molar-refractivity contribution is 6.31. The molecule has 2 N–H and O–H groups in total. The van der Waals surface area contributed by atoms with E-state index in [2.05, 4.69) is 22.2 Å². The van der Waals surface area contributed by atoms with Crippen LogP contribution in [0, 0.1) is 5.82 Å². The Morgan fingerprint density at radius 1 is 1.36 bits per heavy atom. The summed E-state index contributed by atoms with van der Waals surface area (Å²) in [5, 5.41) is 3.86. The molecule has 0 unspecified atom stereocenters. The Labute approximate surface area is 150 Å². The molecule has 2 aromatic heterocycles. The average molecular weight is 360 g/mol. The summed E-state index contributed by atoms with van der Waals surface area (Å²) in [6, 6.07) is 6.86. The summed E-state index contributed by atoms with van der Waals surface area (Å²) in [6.07, 6.45) is 5.44. The highest BCUT2D eigenvalue weighted by atomic mass is 35.5. The number of nitrogens with one attached hydrogen (secondary N) is 2. The van der Waals surface area contributed by atoms with E-state index < -0.39 is 5.82 Å². The molecule has 130 valence electrons. The number of rotatable bonds is 6. The van der Waals surface area contributed by atoms with E-state index in [0.29, 0.717) is 18.5 Å². The highest BCUT2D eigenvalue weighted by Crippen LogP contribution is 2.25. The van der Waals surface area contributed by atoms with Crippen LogP contribution in [-0.4, -0.2) is 22.4 Å². The average Bonchev–Trinajstić information content (AvgIpc) is 2.98. The summed E-state index contributed by atoms with van der Waals surface area (Å²) >= 11 is 5.85. The van der Waals surface area contributed by atoms with Gasteiger partial charge in [-0.2, -0.15) is 0 Å². The van der Waals surface area contributed by atoms with E-state index in [1.165, 1.54) is 6.07 Å². The lowest BCUT2D eigenvalue weighted by molar-refractivity contribution is -0.120. The summed E-state index contributed by atoms with van der Waals surface area (Å²) in [6.45, 7) is 2.56. The molecule has 0 aliphatic heterocycles. The van der Waals surface area contributed by atoms with E-state index >= 15 is 0 Å². The Morgan fingerprint density at radius 2 is 2.20 bits per heavy atom. The van der Waals surface area contributed by atoms with Crippen molar-refractivity contribution in [2.75, 3.05) is 6.54 Å². The van der Waals surface area contributed by atoms with Gasteiger partial charge < -0.3 is 10.3 Å². The second kappa shape index (κ2) is 7.66. The quantitative estimate of drug-likeness (QED) is 0.703. The molecule has 0 aliphatic carbocycles. The zero-order valence-electron chi connectivity index (χ0n) is 13.9. The Balaban J connectivity index is 1.55. The van der Waals surface area contributed by atoms with Crippen molar-refractivity contribution in [3.05, 3.63) is 64.3 Å². The van der Waals surface area contributed by atoms with Crippen LogP contribution in [0.15, 0.2) is 36.7 Å². The fraction of sp³-hybridized carbons (Fsp3) is 0.263. The topological polar surface area (TPSA) is 57.8 Å². The minimum absolute atomic E-state index is 0.0688. The Morgan fingerprint density at radius 3 is 2.92 bits per heavy atom. The van der Waals surface area contributed by atoms with E-state index in [0.717, 1.165) is 28.6 Å². The number of benzene rings is 1. The molecule has 0 radical (unpaired) electrons. The van der Waals surface area contributed by atoms with Gasteiger partial charge in [0, 0.05) is 35.5 Å². The van der Waals surface area contributed by atoms with E-state index in [-0.39, 0.29) is 17.4 Å². The van der Waals surface area contributed by atoms with Crippen LogP contribution < -0.4 is 5.32 Å². The van der Waals surface area contributed by atoms with E-state index in [1.54, 1.807) is 12.3 Å². The van der Waals surface area contributed by atoms with Crippen molar-refractivity contribution in [1.29, 1.82) is 0 Å². The van der Waals surface area contributed by atoms with Crippen molar-refractivity contribution in [3.63, 3.8) is 0 Å². The predicted octanol–water partition coefficient (Wildman–Crippen LogP) is 3.82. The van der Waals surface area contributed by atoms with Gasteiger partial charge in [0.15, 0.2) is 0 Å². The number of halogens is 2. The summed E-state index contributed by atoms with van der Waals surface area (Å²) in [7, 11) is 0. The van der Waals surface area contributed by atoms with Crippen LogP contribution in [-0.2, 0) is 24.1 Å². The molecule has 0 fully saturated rings. The fourth-order valence-corrected chi connectivity index (χ4v) is 2.88. The number of aromatic amines is 1. The summed E-state index contributed by atoms with van der Waals surface area (Å²) < 4.78 is 13.5. The van der Waals surface area contributed by atoms with Crippen LogP contribution in [0.2, 0.25) is 5.02 Å². The lowest BCUT2D eigenvalue weighted by Crippen LogP contribution is -2.27. The summed E-state index contributed by atoms with van der Waals surface area (Å²) in [4.78, 5) is 19.3. The first-order chi connectivity index (χ1) is 12.1. The molecule has 0 saturated heterocycles. The van der Waals surface area contributed by atoms with Gasteiger partial charge >= 0.3 is 0 Å². The number of pyridine rings is 1. The first kappa shape index (κ1) is 17.4. The number of aryl methyl sites for hydroxylation is 1. The molecule has 25 heavy (non-hydrogen) atoms. The van der Waals surface area contributed by atoms with Gasteiger partial charge in [-0.25, -0.2) is 4.39 Å². The standard InChI is InChI=1S/C19H19ClFN3O/c1-2-12-3-4-14(23-10-12)7-19(25)22-6-5-13-11-24-18-9-17(21)16(20)8-15(13)18/h3-4,8-11,24H,2,5-7H2,1H3,(H,22,25). The Bertz CT molecular complexity index is 890. The summed E-state index contributed by atoms with van der Waals surface area (Å²) in [5.41, 5.74) is 3.59. The molecule has 0 aliphatic rings. The number of carbonyl (C=O) groups is 1. The first-order valence-electron chi connectivity index (χ1n) is 8.22. The maximum absolute atomic E-state index is 13.5. The van der Waals surface area contributed by atoms with Crippen molar-refractivity contribution < 1.29 is 9.18 Å². The maximum atomic E-state index is 13.5. The molecule has 6 heteroatoms. The smallest absolute Gasteiger partial charge is 0.226 e. The molecule has 1 amide bonds. The molecule has 3 rings (SSSR count). The van der Waals surface area contributed by atoms with Crippen molar-refractivity contribution in [2.45, 2.75) is 26.2 Å². The number of H-pyrrole nitrogens is 1. The maximum Gasteiger partial charge on any atom is 0.226 e. The molecule has 0 spiro atoms. The molecular weight excluding hydrogens is 341 g/mol. The van der Waals surface area contributed by atoms with Gasteiger partial charge in [0.2, 0.25) is 5.91 Å². The third-order valence-corrected chi connectivity index (χ3v) is 4.45. The Hall–Kier alpha value is -2.40. The van der Waals surface area contributed by atoms with Gasteiger partial charge in [-0.05, 0) is 42.2 Å². The monoisotopic (exact) mass is 359 g/mol. The molecular formula is C19H19ClFN3O. The molecule has 4 nitrogen and oxygen atoms in total. The van der Waals surface area contributed by atoms with Gasteiger partial charge in [0.25, 0.3) is 0 Å². The van der Waals surface area contributed by atoms with Gasteiger partial charge in [-0.1, -0.05) is 24.6 Å². The second-order valence-corrected chi connectivity index (χ2v) is 6.32. The SMILES string of the molecule is CCc1ccc(CC(=O)NCCc2c[nH]c3cc(F)c(Cl)cc23)nc1. The van der Waals surface area contributed by atoms with Crippen LogP contribution in [0.4, 0.5) is 4.39 Å². The minimum atomic E-state index is -0.447. The van der Waals surface area contributed by atoms with Crippen molar-refractivity contribution in [3.8, 4) is 0 Å². The molecule has 3 aromatic rings. The number of aromatic nitrogens is 2. The van der Waals surface area contributed by atoms with Crippen molar-refractivity contribution in [1.82, 2.24) is 15.3 Å². The van der Waals surface area contributed by atoms with E-state index in [9.17, 15) is 9.18 Å². The Kier molecular flexibility index (Phi) is 5.34. The number of fused-ring (bicyclic) bond motifs is 1. The number of nitrogens with zero attached hydrogens (tertiary/aromatic N) is 1. The zero-order valence-corrected chi connectivity index (χ0v) is 14.7. The van der Waals surface area contributed by atoms with Gasteiger partial charge in [-0.3, -0.25) is 9.78 Å². The predicted molar refractivity (Wildman–Crippen MR) is 97.3 cm³/mol. The largest absolute Gasteiger partial charge is 0.361 e. The third kappa shape index (κ3) is 4.17. The number of amides is 1. The molecule has 2 heterocycles. The number of hydrogen-bond acceptors (Lipinski definition) is 2. The van der Waals surface area contributed by atoms with Crippen molar-refractivity contribution >= 4 is 28.4 Å². The highest BCUT2D eigenvalue weighted by Gasteiger charge is 2.09. The minimum Gasteiger partial charge on any atom is -0.361 e. The van der Waals surface area contributed by atoms with E-state index in [1.807, 2.05) is 18.3 Å². The van der Waals surface area contributed by atoms with Crippen LogP contribution in [0.3, 0.4) is 0 Å². The van der Waals surface area contributed by atoms with Crippen LogP contribution in [0.5, 0.6) is 0 Å². The molecule has 0 saturated carbocycles. The van der Waals surface area contributed by atoms with Gasteiger partial charge in [-0.15, -0.1) is 0 Å². The second-order valence-electron chi connectivity index (χ2n) is 5.91. The lowest BCUT2D eigenvalue weighted by Gasteiger charge is -2.05. The molecule has 1 aromatic carbocycles. The molecule has 0 bridgehead atoms. The van der Waals surface area contributed by atoms with Crippen LogP contribution >= 0.6 is 11.6 Å². The normalized spacial score (nSPS) is 11.0. The lowest BCUT2D eigenvalue weighted by atomic mass is 10.1. The fourth-order valence-electron chi connectivity index (χ4n) is 2.71. The molecule has 0 atom stereocenters. The van der Waals surface area contributed by atoms with E-state index in [4.69, 9.17) is 11.6 Å². The third-order valence-electron chi connectivity index (χ3n) is 4.16. The van der Waals surface area contributed by atoms with Crippen LogP contribution in [0.1, 0.15) is 23.7 Å². The van der Waals surface area contributed by atoms with Crippen molar-refractivity contribution in [2.24, 2.45) is 0 Å². The van der Waals surface area contributed by atoms with Crippen LogP contribution in [0.25, 0.3) is 10.9 Å². The van der Waals surface area contributed by atoms with Gasteiger partial charge in [0.05, 0.1) is 11.4 Å². The van der Waals surface area contributed by atoms with Gasteiger partial charge in [0.1, 0.15) is 5.82 Å². The summed E-state index contributed by atoms with van der Waals surface area (Å²) in [5.74, 6) is -0.516.